The second-order valence-corrected chi connectivity index (χ2v) is 6.82. The number of aliphatic hydroxyl groups is 1. The van der Waals surface area contributed by atoms with Crippen LogP contribution in [0.3, 0.4) is 0 Å². The number of hydrogen-bond donors (Lipinski definition) is 2. The van der Waals surface area contributed by atoms with Gasteiger partial charge in [0.05, 0.1) is 37.9 Å². The predicted molar refractivity (Wildman–Crippen MR) is 92.6 cm³/mol. The lowest BCUT2D eigenvalue weighted by molar-refractivity contribution is -0.907. The van der Waals surface area contributed by atoms with Gasteiger partial charge in [-0.3, -0.25) is 9.59 Å². The molecule has 0 bridgehead atoms. The molecule has 3 rings (SSSR count). The molecule has 0 aliphatic carbocycles. The van der Waals surface area contributed by atoms with Gasteiger partial charge in [0.15, 0.2) is 11.5 Å². The molecule has 0 unspecified atom stereocenters. The number of aliphatic hydroxyl groups excluding tert-OH is 1. The fourth-order valence-electron chi connectivity index (χ4n) is 3.42. The Labute approximate surface area is 151 Å². The van der Waals surface area contributed by atoms with Crippen LogP contribution in [-0.2, 0) is 14.3 Å². The van der Waals surface area contributed by atoms with E-state index >= 15 is 0 Å². The normalized spacial score (nSPS) is 21.9. The molecule has 0 aromatic heterocycles. The molecular weight excluding hydrogens is 344 g/mol. The van der Waals surface area contributed by atoms with Crippen molar-refractivity contribution < 1.29 is 24.3 Å². The number of morpholine rings is 1. The van der Waals surface area contributed by atoms with Crippen LogP contribution in [0.1, 0.15) is 18.5 Å². The SMILES string of the molecule is CC(=O)C1=C(O)C(=O)N(CC[NH+]2CCOCC2)[C@@H]1c1ccc(Cl)cc1. The Morgan fingerprint density at radius 3 is 2.56 bits per heavy atom. The van der Waals surface area contributed by atoms with Gasteiger partial charge in [0.25, 0.3) is 5.91 Å². The summed E-state index contributed by atoms with van der Waals surface area (Å²) in [6.45, 7) is 5.80. The zero-order valence-corrected chi connectivity index (χ0v) is 14.9. The summed E-state index contributed by atoms with van der Waals surface area (Å²) in [5.41, 5.74) is 0.924. The molecule has 1 saturated heterocycles. The number of nitrogens with zero attached hydrogens (tertiary/aromatic N) is 1. The number of rotatable bonds is 5. The molecule has 0 saturated carbocycles. The molecule has 2 aliphatic heterocycles. The second-order valence-electron chi connectivity index (χ2n) is 6.38. The van der Waals surface area contributed by atoms with E-state index in [1.807, 2.05) is 0 Å². The summed E-state index contributed by atoms with van der Waals surface area (Å²) in [4.78, 5) is 27.5. The molecule has 25 heavy (non-hydrogen) atoms. The van der Waals surface area contributed by atoms with E-state index in [4.69, 9.17) is 16.3 Å². The first-order chi connectivity index (χ1) is 12.0. The first kappa shape index (κ1) is 17.9. The van der Waals surface area contributed by atoms with Gasteiger partial charge >= 0.3 is 0 Å². The summed E-state index contributed by atoms with van der Waals surface area (Å²) in [7, 11) is 0. The maximum absolute atomic E-state index is 12.5. The van der Waals surface area contributed by atoms with E-state index in [1.165, 1.54) is 11.8 Å². The molecule has 2 aliphatic rings. The van der Waals surface area contributed by atoms with Gasteiger partial charge in [-0.05, 0) is 24.6 Å². The largest absolute Gasteiger partial charge is 0.503 e. The lowest BCUT2D eigenvalue weighted by atomic mass is 9.97. The van der Waals surface area contributed by atoms with Crippen LogP contribution in [-0.4, -0.2) is 61.1 Å². The average Bonchev–Trinajstić information content (AvgIpc) is 2.86. The van der Waals surface area contributed by atoms with E-state index in [9.17, 15) is 14.7 Å². The maximum Gasteiger partial charge on any atom is 0.290 e. The number of ether oxygens (including phenoxy) is 1. The van der Waals surface area contributed by atoms with Crippen molar-refractivity contribution in [2.24, 2.45) is 0 Å². The lowest BCUT2D eigenvalue weighted by Gasteiger charge is -2.29. The highest BCUT2D eigenvalue weighted by Crippen LogP contribution is 2.37. The molecule has 0 spiro atoms. The molecule has 2 N–H and O–H groups in total. The topological polar surface area (TPSA) is 71.3 Å². The standard InChI is InChI=1S/C18H21ClN2O4/c1-12(22)15-16(13-2-4-14(19)5-3-13)21(18(24)17(15)23)7-6-20-8-10-25-11-9-20/h2-5,16,23H,6-11H2,1H3/p+1/t16-/m1/s1. The number of quaternary nitrogens is 1. The van der Waals surface area contributed by atoms with E-state index in [1.54, 1.807) is 29.2 Å². The van der Waals surface area contributed by atoms with Crippen molar-refractivity contribution in [3.63, 3.8) is 0 Å². The van der Waals surface area contributed by atoms with E-state index in [0.717, 1.165) is 25.2 Å². The number of ketones is 1. The predicted octanol–water partition coefficient (Wildman–Crippen LogP) is 0.540. The molecule has 6 nitrogen and oxygen atoms in total. The molecule has 1 amide bonds. The minimum Gasteiger partial charge on any atom is -0.503 e. The number of amides is 1. The van der Waals surface area contributed by atoms with Crippen LogP contribution in [0.15, 0.2) is 35.6 Å². The summed E-state index contributed by atoms with van der Waals surface area (Å²) >= 11 is 5.95. The number of carbonyl (C=O) groups is 2. The zero-order chi connectivity index (χ0) is 18.0. The van der Waals surface area contributed by atoms with Crippen molar-refractivity contribution in [3.8, 4) is 0 Å². The van der Waals surface area contributed by atoms with Crippen LogP contribution in [0.5, 0.6) is 0 Å². The van der Waals surface area contributed by atoms with Gasteiger partial charge in [-0.1, -0.05) is 23.7 Å². The Morgan fingerprint density at radius 2 is 1.96 bits per heavy atom. The second kappa shape index (κ2) is 7.56. The van der Waals surface area contributed by atoms with E-state index in [0.29, 0.717) is 24.8 Å². The summed E-state index contributed by atoms with van der Waals surface area (Å²) in [5.74, 6) is -1.23. The average molecular weight is 366 g/mol. The minimum absolute atomic E-state index is 0.157. The quantitative estimate of drug-likeness (QED) is 0.799. The van der Waals surface area contributed by atoms with E-state index < -0.39 is 17.7 Å². The third-order valence-corrected chi connectivity index (χ3v) is 5.03. The summed E-state index contributed by atoms with van der Waals surface area (Å²) < 4.78 is 5.35. The van der Waals surface area contributed by atoms with Crippen LogP contribution in [0, 0.1) is 0 Å². The van der Waals surface area contributed by atoms with Crippen LogP contribution < -0.4 is 4.90 Å². The van der Waals surface area contributed by atoms with Crippen molar-refractivity contribution >= 4 is 23.3 Å². The van der Waals surface area contributed by atoms with E-state index in [-0.39, 0.29) is 11.4 Å². The van der Waals surface area contributed by atoms with Crippen molar-refractivity contribution in [2.75, 3.05) is 39.4 Å². The number of Topliss-reactive ketones (excluding diaryl/α,β-unsaturated/α-hetero) is 1. The summed E-state index contributed by atoms with van der Waals surface area (Å²) in [6.07, 6.45) is 0. The van der Waals surface area contributed by atoms with Gasteiger partial charge in [0.1, 0.15) is 13.1 Å². The van der Waals surface area contributed by atoms with Gasteiger partial charge in [0, 0.05) is 5.02 Å². The molecule has 1 aromatic carbocycles. The Bertz CT molecular complexity index is 696. The Balaban J connectivity index is 1.85. The van der Waals surface area contributed by atoms with Crippen molar-refractivity contribution in [2.45, 2.75) is 13.0 Å². The Morgan fingerprint density at radius 1 is 1.32 bits per heavy atom. The lowest BCUT2D eigenvalue weighted by Crippen LogP contribution is -3.14. The van der Waals surface area contributed by atoms with Gasteiger partial charge in [-0.2, -0.15) is 0 Å². The van der Waals surface area contributed by atoms with Crippen molar-refractivity contribution in [1.29, 1.82) is 0 Å². The molecule has 1 fully saturated rings. The first-order valence-corrected chi connectivity index (χ1v) is 8.78. The van der Waals surface area contributed by atoms with E-state index in [2.05, 4.69) is 0 Å². The zero-order valence-electron chi connectivity index (χ0n) is 14.1. The fourth-order valence-corrected chi connectivity index (χ4v) is 3.55. The minimum atomic E-state index is -0.567. The molecule has 7 heteroatoms. The van der Waals surface area contributed by atoms with Gasteiger partial charge in [0.2, 0.25) is 0 Å². The Hall–Kier alpha value is -1.89. The van der Waals surface area contributed by atoms with Gasteiger partial charge in [-0.15, -0.1) is 0 Å². The summed E-state index contributed by atoms with van der Waals surface area (Å²) in [6, 6.07) is 6.45. The smallest absolute Gasteiger partial charge is 0.290 e. The third kappa shape index (κ3) is 3.71. The van der Waals surface area contributed by atoms with Crippen LogP contribution in [0.25, 0.3) is 0 Å². The Kier molecular flexibility index (Phi) is 5.42. The summed E-state index contributed by atoms with van der Waals surface area (Å²) in [5, 5.41) is 10.8. The maximum atomic E-state index is 12.5. The molecular formula is C18H22ClN2O4+. The van der Waals surface area contributed by atoms with Crippen LogP contribution in [0.2, 0.25) is 5.02 Å². The van der Waals surface area contributed by atoms with Crippen molar-refractivity contribution in [1.82, 2.24) is 4.90 Å². The highest BCUT2D eigenvalue weighted by Gasteiger charge is 2.42. The number of hydrogen-bond acceptors (Lipinski definition) is 4. The van der Waals surface area contributed by atoms with Crippen LogP contribution in [0.4, 0.5) is 0 Å². The highest BCUT2D eigenvalue weighted by molar-refractivity contribution is 6.30. The number of nitrogens with one attached hydrogen (secondary N) is 1. The number of carbonyl (C=O) groups excluding carboxylic acids is 2. The molecule has 0 radical (unpaired) electrons. The monoisotopic (exact) mass is 365 g/mol. The third-order valence-electron chi connectivity index (χ3n) is 4.77. The number of benzene rings is 1. The fraction of sp³-hybridized carbons (Fsp3) is 0.444. The van der Waals surface area contributed by atoms with Crippen molar-refractivity contribution in [3.05, 3.63) is 46.2 Å². The number of halogens is 1. The first-order valence-electron chi connectivity index (χ1n) is 8.41. The highest BCUT2D eigenvalue weighted by atomic mass is 35.5. The molecule has 134 valence electrons. The van der Waals surface area contributed by atoms with Gasteiger partial charge in [-0.25, -0.2) is 0 Å². The molecule has 2 heterocycles. The van der Waals surface area contributed by atoms with Crippen LogP contribution >= 0.6 is 11.6 Å². The molecule has 1 aromatic rings. The van der Waals surface area contributed by atoms with Gasteiger partial charge < -0.3 is 19.6 Å². The molecule has 1 atom stereocenters.